The highest BCUT2D eigenvalue weighted by molar-refractivity contribution is 7.92. The first kappa shape index (κ1) is 22.4. The highest BCUT2D eigenvalue weighted by Crippen LogP contribution is 2.22. The molecule has 0 bridgehead atoms. The lowest BCUT2D eigenvalue weighted by Crippen LogP contribution is -2.29. The maximum absolute atomic E-state index is 13.1. The van der Waals surface area contributed by atoms with E-state index in [1.54, 1.807) is 31.2 Å². The molecule has 3 rings (SSSR count). The van der Waals surface area contributed by atoms with Gasteiger partial charge in [-0.05, 0) is 66.6 Å². The Kier molecular flexibility index (Phi) is 6.70. The second kappa shape index (κ2) is 9.26. The minimum atomic E-state index is -3.61. The van der Waals surface area contributed by atoms with E-state index >= 15 is 0 Å². The number of sulfonamides is 1. The number of halogens is 2. The van der Waals surface area contributed by atoms with Crippen molar-refractivity contribution >= 4 is 21.6 Å². The summed E-state index contributed by atoms with van der Waals surface area (Å²) in [5.74, 6) is -1.10. The zero-order valence-electron chi connectivity index (χ0n) is 17.0. The molecule has 0 aliphatic carbocycles. The van der Waals surface area contributed by atoms with Gasteiger partial charge in [0, 0.05) is 5.56 Å². The summed E-state index contributed by atoms with van der Waals surface area (Å²) in [5, 5.41) is 2.83. The molecular weight excluding hydrogens is 422 g/mol. The molecule has 1 atom stereocenters. The van der Waals surface area contributed by atoms with Gasteiger partial charge in [-0.15, -0.1) is 0 Å². The van der Waals surface area contributed by atoms with Crippen molar-refractivity contribution in [2.45, 2.75) is 19.5 Å². The number of hydrogen-bond acceptors (Lipinski definition) is 3. The van der Waals surface area contributed by atoms with Gasteiger partial charge in [0.15, 0.2) is 0 Å². The second-order valence-electron chi connectivity index (χ2n) is 7.19. The monoisotopic (exact) mass is 444 g/mol. The van der Waals surface area contributed by atoms with Crippen molar-refractivity contribution in [1.82, 2.24) is 5.32 Å². The van der Waals surface area contributed by atoms with Crippen molar-refractivity contribution in [3.8, 4) is 0 Å². The molecule has 0 saturated heterocycles. The van der Waals surface area contributed by atoms with Gasteiger partial charge in [-0.3, -0.25) is 9.10 Å². The molecule has 8 heteroatoms. The number of carbonyl (C=O) groups is 1. The topological polar surface area (TPSA) is 66.5 Å². The predicted octanol–water partition coefficient (Wildman–Crippen LogP) is 4.42. The van der Waals surface area contributed by atoms with E-state index in [2.05, 4.69) is 5.32 Å². The molecular formula is C23H22F2N2O3S. The Bertz CT molecular complexity index is 1150. The van der Waals surface area contributed by atoms with Crippen molar-refractivity contribution in [1.29, 1.82) is 0 Å². The van der Waals surface area contributed by atoms with E-state index in [0.717, 1.165) is 11.8 Å². The fourth-order valence-corrected chi connectivity index (χ4v) is 3.94. The number of anilines is 1. The minimum Gasteiger partial charge on any atom is -0.346 e. The quantitative estimate of drug-likeness (QED) is 0.587. The molecule has 0 heterocycles. The average molecular weight is 445 g/mol. The third-order valence-electron chi connectivity index (χ3n) is 4.77. The predicted molar refractivity (Wildman–Crippen MR) is 116 cm³/mol. The summed E-state index contributed by atoms with van der Waals surface area (Å²) in [4.78, 5) is 12.5. The number of benzene rings is 3. The highest BCUT2D eigenvalue weighted by atomic mass is 32.2. The van der Waals surface area contributed by atoms with Crippen LogP contribution in [0.25, 0.3) is 0 Å². The third kappa shape index (κ3) is 5.88. The Morgan fingerprint density at radius 2 is 1.42 bits per heavy atom. The smallest absolute Gasteiger partial charge is 0.251 e. The summed E-state index contributed by atoms with van der Waals surface area (Å²) >= 11 is 0. The van der Waals surface area contributed by atoms with Crippen LogP contribution in [0, 0.1) is 11.6 Å². The molecule has 0 spiro atoms. The first-order valence-corrected chi connectivity index (χ1v) is 11.4. The number of nitrogens with zero attached hydrogens (tertiary/aromatic N) is 1. The second-order valence-corrected chi connectivity index (χ2v) is 9.10. The Hall–Kier alpha value is -3.26. The lowest BCUT2D eigenvalue weighted by atomic mass is 10.1. The van der Waals surface area contributed by atoms with E-state index in [0.29, 0.717) is 16.8 Å². The first-order chi connectivity index (χ1) is 14.6. The lowest BCUT2D eigenvalue weighted by Gasteiger charge is -2.23. The van der Waals surface area contributed by atoms with Crippen LogP contribution in [0.2, 0.25) is 0 Å². The molecule has 0 aromatic heterocycles. The van der Waals surface area contributed by atoms with Crippen LogP contribution in [0.1, 0.15) is 34.5 Å². The molecule has 31 heavy (non-hydrogen) atoms. The standard InChI is InChI=1S/C23H22F2N2O3S/c1-16(18-5-11-21(25)12-6-18)26-23(28)19-7-13-22(14-8-19)27(31(2,29)30)15-17-3-9-20(24)10-4-17/h3-14,16H,15H2,1-2H3,(H,26,28). The number of nitrogens with one attached hydrogen (secondary N) is 1. The molecule has 3 aromatic rings. The zero-order valence-corrected chi connectivity index (χ0v) is 17.9. The number of rotatable bonds is 7. The van der Waals surface area contributed by atoms with E-state index in [9.17, 15) is 22.0 Å². The summed E-state index contributed by atoms with van der Waals surface area (Å²) in [6, 6.07) is 17.3. The SMILES string of the molecule is CC(NC(=O)c1ccc(N(Cc2ccc(F)cc2)S(C)(=O)=O)cc1)c1ccc(F)cc1. The molecule has 1 N–H and O–H groups in total. The number of amides is 1. The van der Waals surface area contributed by atoms with Crippen LogP contribution in [-0.2, 0) is 16.6 Å². The van der Waals surface area contributed by atoms with Gasteiger partial charge in [-0.25, -0.2) is 17.2 Å². The van der Waals surface area contributed by atoms with Gasteiger partial charge in [0.25, 0.3) is 5.91 Å². The van der Waals surface area contributed by atoms with E-state index in [1.807, 2.05) is 0 Å². The van der Waals surface area contributed by atoms with Gasteiger partial charge in [0.05, 0.1) is 24.5 Å². The van der Waals surface area contributed by atoms with Crippen LogP contribution in [-0.4, -0.2) is 20.6 Å². The van der Waals surface area contributed by atoms with Gasteiger partial charge in [-0.2, -0.15) is 0 Å². The van der Waals surface area contributed by atoms with Crippen LogP contribution < -0.4 is 9.62 Å². The normalized spacial score (nSPS) is 12.3. The molecule has 0 aliphatic rings. The maximum atomic E-state index is 13.1. The van der Waals surface area contributed by atoms with Crippen LogP contribution in [0.15, 0.2) is 72.8 Å². The van der Waals surface area contributed by atoms with Crippen molar-refractivity contribution in [2.24, 2.45) is 0 Å². The zero-order chi connectivity index (χ0) is 22.6. The van der Waals surface area contributed by atoms with Gasteiger partial charge >= 0.3 is 0 Å². The van der Waals surface area contributed by atoms with Crippen molar-refractivity contribution in [3.05, 3.63) is 101 Å². The summed E-state index contributed by atoms with van der Waals surface area (Å²) in [6.45, 7) is 1.82. The molecule has 162 valence electrons. The van der Waals surface area contributed by atoms with Crippen LogP contribution in [0.4, 0.5) is 14.5 Å². The highest BCUT2D eigenvalue weighted by Gasteiger charge is 2.19. The lowest BCUT2D eigenvalue weighted by molar-refractivity contribution is 0.0940. The van der Waals surface area contributed by atoms with E-state index in [1.165, 1.54) is 52.8 Å². The minimum absolute atomic E-state index is 0.0340. The Balaban J connectivity index is 1.75. The summed E-state index contributed by atoms with van der Waals surface area (Å²) in [7, 11) is -3.61. The van der Waals surface area contributed by atoms with Crippen LogP contribution in [0.3, 0.4) is 0 Å². The summed E-state index contributed by atoms with van der Waals surface area (Å²) in [6.07, 6.45) is 1.08. The van der Waals surface area contributed by atoms with Crippen LogP contribution >= 0.6 is 0 Å². The van der Waals surface area contributed by atoms with Crippen molar-refractivity contribution in [3.63, 3.8) is 0 Å². The van der Waals surface area contributed by atoms with Gasteiger partial charge in [0.1, 0.15) is 11.6 Å². The fraction of sp³-hybridized carbons (Fsp3) is 0.174. The number of hydrogen-bond donors (Lipinski definition) is 1. The van der Waals surface area contributed by atoms with E-state index < -0.39 is 15.8 Å². The summed E-state index contributed by atoms with van der Waals surface area (Å²) < 4.78 is 52.0. The van der Waals surface area contributed by atoms with E-state index in [4.69, 9.17) is 0 Å². The molecule has 0 radical (unpaired) electrons. The van der Waals surface area contributed by atoms with Crippen molar-refractivity contribution in [2.75, 3.05) is 10.6 Å². The third-order valence-corrected chi connectivity index (χ3v) is 5.92. The fourth-order valence-electron chi connectivity index (χ4n) is 3.05. The maximum Gasteiger partial charge on any atom is 0.251 e. The Labute approximate surface area is 180 Å². The Morgan fingerprint density at radius 1 is 0.903 bits per heavy atom. The summed E-state index contributed by atoms with van der Waals surface area (Å²) in [5.41, 5.74) is 2.12. The molecule has 1 unspecified atom stereocenters. The molecule has 0 fully saturated rings. The molecule has 0 aliphatic heterocycles. The molecule has 0 saturated carbocycles. The molecule has 3 aromatic carbocycles. The van der Waals surface area contributed by atoms with Gasteiger partial charge in [-0.1, -0.05) is 24.3 Å². The number of carbonyl (C=O) groups excluding carboxylic acids is 1. The largest absolute Gasteiger partial charge is 0.346 e. The molecule has 1 amide bonds. The molecule has 5 nitrogen and oxygen atoms in total. The van der Waals surface area contributed by atoms with Crippen molar-refractivity contribution < 1.29 is 22.0 Å². The van der Waals surface area contributed by atoms with Crippen LogP contribution in [0.5, 0.6) is 0 Å². The average Bonchev–Trinajstić information content (AvgIpc) is 2.73. The van der Waals surface area contributed by atoms with Gasteiger partial charge in [0.2, 0.25) is 10.0 Å². The van der Waals surface area contributed by atoms with Gasteiger partial charge < -0.3 is 5.32 Å². The first-order valence-electron chi connectivity index (χ1n) is 9.52. The Morgan fingerprint density at radius 3 is 1.94 bits per heavy atom. The van der Waals surface area contributed by atoms with E-state index in [-0.39, 0.29) is 24.3 Å².